The summed E-state index contributed by atoms with van der Waals surface area (Å²) in [7, 11) is 0. The Bertz CT molecular complexity index is 875. The third-order valence-electron chi connectivity index (χ3n) is 6.08. The Morgan fingerprint density at radius 3 is 2.14 bits per heavy atom. The average Bonchev–Trinajstić information content (AvgIpc) is 2.71. The maximum Gasteiger partial charge on any atom is 0.334 e. The molecule has 0 atom stereocenters. The third kappa shape index (κ3) is 4.71. The summed E-state index contributed by atoms with van der Waals surface area (Å²) in [6.45, 7) is -0.431. The Morgan fingerprint density at radius 1 is 0.966 bits per heavy atom. The SMILES string of the molecule is O=C(O)CNC(=O)c1c(O)n(CC2CCCCC2)c(=O)n(C2CCCCC2)c1=O. The predicted octanol–water partition coefficient (Wildman–Crippen LogP) is 1.62. The first-order chi connectivity index (χ1) is 13.9. The number of amides is 1. The van der Waals surface area contributed by atoms with Gasteiger partial charge in [0.05, 0.1) is 0 Å². The van der Waals surface area contributed by atoms with Gasteiger partial charge in [-0.1, -0.05) is 38.5 Å². The van der Waals surface area contributed by atoms with Crippen LogP contribution in [0.4, 0.5) is 0 Å². The van der Waals surface area contributed by atoms with Crippen molar-refractivity contribution in [3.63, 3.8) is 0 Å². The molecule has 3 N–H and O–H groups in total. The zero-order valence-corrected chi connectivity index (χ0v) is 16.6. The van der Waals surface area contributed by atoms with E-state index in [1.165, 1.54) is 0 Å². The van der Waals surface area contributed by atoms with E-state index >= 15 is 0 Å². The van der Waals surface area contributed by atoms with Crippen molar-refractivity contribution in [2.45, 2.75) is 76.8 Å². The molecule has 1 aromatic heterocycles. The second-order valence-electron chi connectivity index (χ2n) is 8.14. The Kier molecular flexibility index (Phi) is 6.76. The van der Waals surface area contributed by atoms with Gasteiger partial charge in [-0.2, -0.15) is 0 Å². The van der Waals surface area contributed by atoms with Crippen molar-refractivity contribution >= 4 is 11.9 Å². The molecule has 9 nitrogen and oxygen atoms in total. The van der Waals surface area contributed by atoms with Crippen LogP contribution in [0.25, 0.3) is 0 Å². The van der Waals surface area contributed by atoms with E-state index < -0.39 is 41.1 Å². The molecule has 0 unspecified atom stereocenters. The molecule has 3 rings (SSSR count). The minimum Gasteiger partial charge on any atom is -0.494 e. The molecule has 0 saturated heterocycles. The molecule has 2 aliphatic carbocycles. The lowest BCUT2D eigenvalue weighted by molar-refractivity contribution is -0.135. The monoisotopic (exact) mass is 407 g/mol. The van der Waals surface area contributed by atoms with Gasteiger partial charge in [-0.3, -0.25) is 23.5 Å². The zero-order valence-electron chi connectivity index (χ0n) is 16.6. The van der Waals surface area contributed by atoms with E-state index in [4.69, 9.17) is 5.11 Å². The Hall–Kier alpha value is -2.58. The lowest BCUT2D eigenvalue weighted by Crippen LogP contribution is -2.47. The molecule has 1 heterocycles. The summed E-state index contributed by atoms with van der Waals surface area (Å²) in [4.78, 5) is 49.5. The maximum atomic E-state index is 13.2. The number of aliphatic carboxylic acids is 1. The lowest BCUT2D eigenvalue weighted by atomic mass is 9.89. The fourth-order valence-electron chi connectivity index (χ4n) is 4.56. The van der Waals surface area contributed by atoms with Gasteiger partial charge in [-0.05, 0) is 31.6 Å². The summed E-state index contributed by atoms with van der Waals surface area (Å²) in [6.07, 6.45) is 9.24. The topological polar surface area (TPSA) is 131 Å². The molecule has 0 radical (unpaired) electrons. The standard InChI is InChI=1S/C20H29N3O6/c24-15(25)11-21-17(26)16-18(27)22(12-13-7-3-1-4-8-13)20(29)23(19(16)28)14-9-5-2-6-10-14/h13-14,27H,1-12H2,(H,21,26)(H,24,25). The van der Waals surface area contributed by atoms with Crippen molar-refractivity contribution < 1.29 is 19.8 Å². The van der Waals surface area contributed by atoms with Gasteiger partial charge < -0.3 is 15.5 Å². The quantitative estimate of drug-likeness (QED) is 0.657. The number of aromatic hydroxyl groups is 1. The van der Waals surface area contributed by atoms with Crippen LogP contribution in [0.1, 0.15) is 80.6 Å². The number of carboxylic acid groups (broad SMARTS) is 1. The number of nitrogens with zero attached hydrogens (tertiary/aromatic N) is 2. The summed E-state index contributed by atoms with van der Waals surface area (Å²) in [5, 5.41) is 21.6. The van der Waals surface area contributed by atoms with Crippen LogP contribution in [0.2, 0.25) is 0 Å². The minimum atomic E-state index is -1.26. The van der Waals surface area contributed by atoms with Gasteiger partial charge in [0.2, 0.25) is 5.88 Å². The largest absolute Gasteiger partial charge is 0.494 e. The first-order valence-electron chi connectivity index (χ1n) is 10.5. The molecule has 0 bridgehead atoms. The number of carbonyl (C=O) groups excluding carboxylic acids is 1. The van der Waals surface area contributed by atoms with Crippen molar-refractivity contribution in [2.24, 2.45) is 5.92 Å². The third-order valence-corrected chi connectivity index (χ3v) is 6.08. The van der Waals surface area contributed by atoms with E-state index in [2.05, 4.69) is 5.32 Å². The van der Waals surface area contributed by atoms with Crippen LogP contribution in [0.3, 0.4) is 0 Å². The van der Waals surface area contributed by atoms with Gasteiger partial charge in [0, 0.05) is 12.6 Å². The number of rotatable bonds is 6. The van der Waals surface area contributed by atoms with E-state index in [0.717, 1.165) is 60.5 Å². The molecular formula is C20H29N3O6. The highest BCUT2D eigenvalue weighted by atomic mass is 16.4. The number of nitrogens with one attached hydrogen (secondary N) is 1. The molecule has 0 spiro atoms. The number of hydrogen-bond donors (Lipinski definition) is 3. The number of aromatic nitrogens is 2. The van der Waals surface area contributed by atoms with Crippen LogP contribution < -0.4 is 16.6 Å². The summed E-state index contributed by atoms with van der Waals surface area (Å²) in [6, 6.07) is -0.312. The van der Waals surface area contributed by atoms with Crippen molar-refractivity contribution in [1.82, 2.24) is 14.5 Å². The number of carboxylic acids is 1. The highest BCUT2D eigenvalue weighted by molar-refractivity contribution is 5.97. The van der Waals surface area contributed by atoms with Crippen LogP contribution in [-0.4, -0.2) is 37.8 Å². The van der Waals surface area contributed by atoms with Gasteiger partial charge in [-0.15, -0.1) is 0 Å². The van der Waals surface area contributed by atoms with Crippen LogP contribution in [0, 0.1) is 5.92 Å². The summed E-state index contributed by atoms with van der Waals surface area (Å²) < 4.78 is 2.25. The highest BCUT2D eigenvalue weighted by Crippen LogP contribution is 2.28. The van der Waals surface area contributed by atoms with Crippen molar-refractivity contribution in [2.75, 3.05) is 6.54 Å². The minimum absolute atomic E-state index is 0.194. The van der Waals surface area contributed by atoms with E-state index in [1.807, 2.05) is 0 Å². The molecule has 0 aliphatic heterocycles. The van der Waals surface area contributed by atoms with Gasteiger partial charge in [0.25, 0.3) is 11.5 Å². The lowest BCUT2D eigenvalue weighted by Gasteiger charge is -2.27. The zero-order chi connectivity index (χ0) is 21.0. The number of carbonyl (C=O) groups is 2. The second kappa shape index (κ2) is 9.28. The predicted molar refractivity (Wildman–Crippen MR) is 105 cm³/mol. The smallest absolute Gasteiger partial charge is 0.334 e. The first-order valence-corrected chi connectivity index (χ1v) is 10.5. The Morgan fingerprint density at radius 2 is 1.55 bits per heavy atom. The van der Waals surface area contributed by atoms with Crippen LogP contribution in [0.15, 0.2) is 9.59 Å². The molecule has 1 amide bonds. The molecule has 9 heteroatoms. The van der Waals surface area contributed by atoms with Gasteiger partial charge in [-0.25, -0.2) is 4.79 Å². The van der Waals surface area contributed by atoms with Gasteiger partial charge in [0.15, 0.2) is 5.56 Å². The summed E-state index contributed by atoms with van der Waals surface area (Å²) >= 11 is 0. The van der Waals surface area contributed by atoms with Crippen LogP contribution in [-0.2, 0) is 11.3 Å². The highest BCUT2D eigenvalue weighted by Gasteiger charge is 2.29. The van der Waals surface area contributed by atoms with Crippen molar-refractivity contribution in [3.8, 4) is 5.88 Å². The number of hydrogen-bond acceptors (Lipinski definition) is 5. The van der Waals surface area contributed by atoms with Crippen LogP contribution in [0.5, 0.6) is 5.88 Å². The van der Waals surface area contributed by atoms with Crippen LogP contribution >= 0.6 is 0 Å². The molecular weight excluding hydrogens is 378 g/mol. The summed E-state index contributed by atoms with van der Waals surface area (Å²) in [5.41, 5.74) is -1.98. The van der Waals surface area contributed by atoms with Gasteiger partial charge in [0.1, 0.15) is 6.54 Å². The molecule has 0 aromatic carbocycles. The van der Waals surface area contributed by atoms with Crippen molar-refractivity contribution in [1.29, 1.82) is 0 Å². The Labute approximate surface area is 168 Å². The van der Waals surface area contributed by atoms with Gasteiger partial charge >= 0.3 is 11.7 Å². The average molecular weight is 407 g/mol. The van der Waals surface area contributed by atoms with E-state index in [-0.39, 0.29) is 18.5 Å². The molecule has 1 aromatic rings. The molecule has 160 valence electrons. The normalized spacial score (nSPS) is 18.5. The second-order valence-corrected chi connectivity index (χ2v) is 8.14. The molecule has 2 aliphatic rings. The molecule has 29 heavy (non-hydrogen) atoms. The van der Waals surface area contributed by atoms with E-state index in [0.29, 0.717) is 12.8 Å². The van der Waals surface area contributed by atoms with E-state index in [1.54, 1.807) is 0 Å². The fraction of sp³-hybridized carbons (Fsp3) is 0.700. The maximum absolute atomic E-state index is 13.2. The summed E-state index contributed by atoms with van der Waals surface area (Å²) in [5.74, 6) is -2.71. The van der Waals surface area contributed by atoms with E-state index in [9.17, 15) is 24.3 Å². The molecule has 2 saturated carbocycles. The fourth-order valence-corrected chi connectivity index (χ4v) is 4.56. The van der Waals surface area contributed by atoms with Crippen molar-refractivity contribution in [3.05, 3.63) is 26.4 Å². The first kappa shape index (κ1) is 21.1. The Balaban J connectivity index is 2.06. The molecule has 2 fully saturated rings.